The molecule has 0 fully saturated rings. The van der Waals surface area contributed by atoms with E-state index in [-0.39, 0.29) is 5.91 Å². The molecule has 0 unspecified atom stereocenters. The Labute approximate surface area is 153 Å². The molecule has 5 heteroatoms. The fourth-order valence-corrected chi connectivity index (χ4v) is 2.89. The van der Waals surface area contributed by atoms with Gasteiger partial charge in [0, 0.05) is 12.1 Å². The number of amides is 1. The van der Waals surface area contributed by atoms with E-state index in [9.17, 15) is 4.79 Å². The van der Waals surface area contributed by atoms with Crippen LogP contribution in [-0.2, 0) is 6.42 Å². The molecule has 1 heterocycles. The molecular formula is C21H23N3O2. The van der Waals surface area contributed by atoms with E-state index >= 15 is 0 Å². The Morgan fingerprint density at radius 1 is 1.00 bits per heavy atom. The first kappa shape index (κ1) is 17.9. The molecule has 0 saturated carbocycles. The second-order valence-corrected chi connectivity index (χ2v) is 6.41. The quantitative estimate of drug-likeness (QED) is 0.765. The third-order valence-corrected chi connectivity index (χ3v) is 4.50. The molecule has 2 aromatic carbocycles. The minimum Gasteiger partial charge on any atom is -0.496 e. The summed E-state index contributed by atoms with van der Waals surface area (Å²) in [7, 11) is 1.67. The van der Waals surface area contributed by atoms with Gasteiger partial charge in [-0.1, -0.05) is 12.1 Å². The smallest absolute Gasteiger partial charge is 0.251 e. The van der Waals surface area contributed by atoms with Crippen molar-refractivity contribution in [3.63, 3.8) is 0 Å². The molecule has 0 aliphatic rings. The summed E-state index contributed by atoms with van der Waals surface area (Å²) in [6.07, 6.45) is 0.766. The number of hydrogen-bond donors (Lipinski definition) is 1. The number of fused-ring (bicyclic) bond motifs is 1. The normalized spacial score (nSPS) is 10.8. The van der Waals surface area contributed by atoms with Crippen molar-refractivity contribution in [2.24, 2.45) is 0 Å². The van der Waals surface area contributed by atoms with Gasteiger partial charge in [0.25, 0.3) is 5.91 Å². The average molecular weight is 349 g/mol. The van der Waals surface area contributed by atoms with Crippen LogP contribution in [0.15, 0.2) is 36.4 Å². The summed E-state index contributed by atoms with van der Waals surface area (Å²) in [5.41, 5.74) is 6.19. The standard InChI is InChI=1S/C21H23N3O2/c1-13-11-16(5-8-20(13)26-4)9-10-22-21(25)17-6-7-18-19(12-17)24-15(3)14(2)23-18/h5-8,11-12H,9-10H2,1-4H3,(H,22,25). The second-order valence-electron chi connectivity index (χ2n) is 6.41. The van der Waals surface area contributed by atoms with Crippen LogP contribution in [0.4, 0.5) is 0 Å². The highest BCUT2D eigenvalue weighted by Crippen LogP contribution is 2.18. The van der Waals surface area contributed by atoms with Crippen LogP contribution in [0.5, 0.6) is 5.75 Å². The number of benzene rings is 2. The lowest BCUT2D eigenvalue weighted by atomic mass is 10.1. The maximum Gasteiger partial charge on any atom is 0.251 e. The van der Waals surface area contributed by atoms with Crippen molar-refractivity contribution in [3.05, 3.63) is 64.5 Å². The highest BCUT2D eigenvalue weighted by atomic mass is 16.5. The van der Waals surface area contributed by atoms with Crippen molar-refractivity contribution < 1.29 is 9.53 Å². The molecule has 0 radical (unpaired) electrons. The van der Waals surface area contributed by atoms with Crippen LogP contribution in [0.1, 0.15) is 32.9 Å². The summed E-state index contributed by atoms with van der Waals surface area (Å²) in [6.45, 7) is 6.44. The van der Waals surface area contributed by atoms with E-state index in [2.05, 4.69) is 21.4 Å². The third-order valence-electron chi connectivity index (χ3n) is 4.50. The van der Waals surface area contributed by atoms with Crippen molar-refractivity contribution in [1.82, 2.24) is 15.3 Å². The summed E-state index contributed by atoms with van der Waals surface area (Å²) < 4.78 is 5.27. The highest BCUT2D eigenvalue weighted by Gasteiger charge is 2.09. The monoisotopic (exact) mass is 349 g/mol. The van der Waals surface area contributed by atoms with Crippen LogP contribution in [-0.4, -0.2) is 29.5 Å². The molecule has 0 spiro atoms. The van der Waals surface area contributed by atoms with E-state index in [1.165, 1.54) is 5.56 Å². The topological polar surface area (TPSA) is 64.1 Å². The first-order chi connectivity index (χ1) is 12.5. The number of aromatic nitrogens is 2. The Bertz CT molecular complexity index is 967. The Morgan fingerprint density at radius 2 is 1.73 bits per heavy atom. The molecule has 1 amide bonds. The molecule has 3 aromatic rings. The van der Waals surface area contributed by atoms with E-state index in [4.69, 9.17) is 4.74 Å². The van der Waals surface area contributed by atoms with E-state index < -0.39 is 0 Å². The van der Waals surface area contributed by atoms with Gasteiger partial charge in [-0.15, -0.1) is 0 Å². The summed E-state index contributed by atoms with van der Waals surface area (Å²) >= 11 is 0. The lowest BCUT2D eigenvalue weighted by Gasteiger charge is -2.09. The minimum absolute atomic E-state index is 0.0999. The van der Waals surface area contributed by atoms with E-state index in [0.29, 0.717) is 12.1 Å². The molecule has 0 bridgehead atoms. The fraction of sp³-hybridized carbons (Fsp3) is 0.286. The average Bonchev–Trinajstić information content (AvgIpc) is 2.62. The summed E-state index contributed by atoms with van der Waals surface area (Å²) in [5.74, 6) is 0.776. The fourth-order valence-electron chi connectivity index (χ4n) is 2.89. The molecule has 1 N–H and O–H groups in total. The first-order valence-electron chi connectivity index (χ1n) is 8.64. The van der Waals surface area contributed by atoms with Gasteiger partial charge in [-0.05, 0) is 62.6 Å². The van der Waals surface area contributed by atoms with Crippen LogP contribution >= 0.6 is 0 Å². The maximum atomic E-state index is 12.4. The van der Waals surface area contributed by atoms with E-state index in [0.717, 1.165) is 40.2 Å². The van der Waals surface area contributed by atoms with Crippen molar-refractivity contribution in [2.75, 3.05) is 13.7 Å². The number of nitrogens with zero attached hydrogens (tertiary/aromatic N) is 2. The predicted octanol–water partition coefficient (Wildman–Crippen LogP) is 3.54. The molecular weight excluding hydrogens is 326 g/mol. The van der Waals surface area contributed by atoms with Gasteiger partial charge in [0.2, 0.25) is 0 Å². The van der Waals surface area contributed by atoms with Crippen molar-refractivity contribution in [2.45, 2.75) is 27.2 Å². The van der Waals surface area contributed by atoms with Gasteiger partial charge in [0.15, 0.2) is 0 Å². The first-order valence-corrected chi connectivity index (χ1v) is 8.64. The van der Waals surface area contributed by atoms with Crippen LogP contribution in [0, 0.1) is 20.8 Å². The summed E-state index contributed by atoms with van der Waals surface area (Å²) in [5, 5.41) is 2.97. The zero-order valence-corrected chi connectivity index (χ0v) is 15.6. The zero-order chi connectivity index (χ0) is 18.7. The van der Waals surface area contributed by atoms with Gasteiger partial charge >= 0.3 is 0 Å². The lowest BCUT2D eigenvalue weighted by Crippen LogP contribution is -2.25. The number of ether oxygens (including phenoxy) is 1. The van der Waals surface area contributed by atoms with Gasteiger partial charge < -0.3 is 10.1 Å². The Hall–Kier alpha value is -2.95. The van der Waals surface area contributed by atoms with Gasteiger partial charge in [-0.2, -0.15) is 0 Å². The number of nitrogens with one attached hydrogen (secondary N) is 1. The Balaban J connectivity index is 1.65. The van der Waals surface area contributed by atoms with Crippen molar-refractivity contribution in [1.29, 1.82) is 0 Å². The van der Waals surface area contributed by atoms with Gasteiger partial charge in [0.05, 0.1) is 29.5 Å². The number of carbonyl (C=O) groups is 1. The number of methoxy groups -OCH3 is 1. The Kier molecular flexibility index (Phi) is 5.16. The van der Waals surface area contributed by atoms with Gasteiger partial charge in [-0.25, -0.2) is 9.97 Å². The summed E-state index contributed by atoms with van der Waals surface area (Å²) in [6, 6.07) is 11.5. The SMILES string of the molecule is COc1ccc(CCNC(=O)c2ccc3nc(C)c(C)nc3c2)cc1C. The number of carbonyl (C=O) groups excluding carboxylic acids is 1. The molecule has 134 valence electrons. The minimum atomic E-state index is -0.0999. The van der Waals surface area contributed by atoms with Crippen LogP contribution in [0.3, 0.4) is 0 Å². The predicted molar refractivity (Wildman–Crippen MR) is 103 cm³/mol. The summed E-state index contributed by atoms with van der Waals surface area (Å²) in [4.78, 5) is 21.4. The molecule has 0 atom stereocenters. The Morgan fingerprint density at radius 3 is 2.42 bits per heavy atom. The molecule has 1 aromatic heterocycles. The number of rotatable bonds is 5. The second kappa shape index (κ2) is 7.52. The van der Waals surface area contributed by atoms with Crippen molar-refractivity contribution in [3.8, 4) is 5.75 Å². The zero-order valence-electron chi connectivity index (χ0n) is 15.6. The molecule has 0 saturated heterocycles. The van der Waals surface area contributed by atoms with Gasteiger partial charge in [-0.3, -0.25) is 4.79 Å². The number of hydrogen-bond acceptors (Lipinski definition) is 4. The molecule has 0 aliphatic carbocycles. The largest absolute Gasteiger partial charge is 0.496 e. The molecule has 5 nitrogen and oxygen atoms in total. The van der Waals surface area contributed by atoms with Gasteiger partial charge in [0.1, 0.15) is 5.75 Å². The van der Waals surface area contributed by atoms with E-state index in [1.807, 2.05) is 39.0 Å². The molecule has 26 heavy (non-hydrogen) atoms. The molecule has 0 aliphatic heterocycles. The van der Waals surface area contributed by atoms with E-state index in [1.54, 1.807) is 19.2 Å². The third kappa shape index (κ3) is 3.82. The van der Waals surface area contributed by atoms with Crippen molar-refractivity contribution >= 4 is 16.9 Å². The molecule has 3 rings (SSSR count). The van der Waals surface area contributed by atoms with Crippen LogP contribution < -0.4 is 10.1 Å². The highest BCUT2D eigenvalue weighted by molar-refractivity contribution is 5.97. The van der Waals surface area contributed by atoms with Crippen LogP contribution in [0.2, 0.25) is 0 Å². The number of aryl methyl sites for hydroxylation is 3. The maximum absolute atomic E-state index is 12.4. The van der Waals surface area contributed by atoms with Crippen LogP contribution in [0.25, 0.3) is 11.0 Å². The lowest BCUT2D eigenvalue weighted by molar-refractivity contribution is 0.0954.